The van der Waals surface area contributed by atoms with Crippen molar-refractivity contribution in [2.24, 2.45) is 0 Å². The summed E-state index contributed by atoms with van der Waals surface area (Å²) in [6.07, 6.45) is -0.870. The number of carbonyl (C=O) groups is 2. The molecule has 3 rings (SSSR count). The van der Waals surface area contributed by atoms with Gasteiger partial charge in [0.15, 0.2) is 6.10 Å². The summed E-state index contributed by atoms with van der Waals surface area (Å²) in [5.74, 6) is 0.00870. The van der Waals surface area contributed by atoms with Gasteiger partial charge >= 0.3 is 0 Å². The minimum atomic E-state index is -0.830. The van der Waals surface area contributed by atoms with Crippen LogP contribution < -0.4 is 15.4 Å². The van der Waals surface area contributed by atoms with Gasteiger partial charge in [0.25, 0.3) is 5.91 Å². The van der Waals surface area contributed by atoms with E-state index in [1.165, 1.54) is 5.56 Å². The highest BCUT2D eigenvalue weighted by Crippen LogP contribution is 2.29. The van der Waals surface area contributed by atoms with E-state index in [1.807, 2.05) is 36.4 Å². The first-order valence-corrected chi connectivity index (χ1v) is 8.30. The summed E-state index contributed by atoms with van der Waals surface area (Å²) < 4.78 is 5.64. The number of fused-ring (bicyclic) bond motifs is 1. The zero-order valence-corrected chi connectivity index (χ0v) is 14.6. The third kappa shape index (κ3) is 3.99. The first-order chi connectivity index (χ1) is 11.8. The molecule has 25 heavy (non-hydrogen) atoms. The molecule has 0 saturated heterocycles. The maximum absolute atomic E-state index is 12.2. The number of rotatable bonds is 3. The number of carbonyl (C=O) groups excluding carboxylic acids is 2. The van der Waals surface area contributed by atoms with Crippen molar-refractivity contribution < 1.29 is 14.3 Å². The third-order valence-electron chi connectivity index (χ3n) is 4.11. The zero-order chi connectivity index (χ0) is 18.0. The molecular formula is C20H22N2O3. The molecule has 0 saturated carbocycles. The van der Waals surface area contributed by atoms with Crippen LogP contribution in [0.25, 0.3) is 0 Å². The molecule has 0 fully saturated rings. The largest absolute Gasteiger partial charge is 0.478 e. The molecule has 2 aromatic rings. The number of para-hydroxylation sites is 2. The predicted molar refractivity (Wildman–Crippen MR) is 97.9 cm³/mol. The fourth-order valence-corrected chi connectivity index (χ4v) is 2.66. The van der Waals surface area contributed by atoms with E-state index in [0.717, 1.165) is 0 Å². The van der Waals surface area contributed by atoms with Crippen LogP contribution in [0.4, 0.5) is 11.4 Å². The second-order valence-corrected chi connectivity index (χ2v) is 7.17. The summed E-state index contributed by atoms with van der Waals surface area (Å²) in [4.78, 5) is 24.3. The predicted octanol–water partition coefficient (Wildman–Crippen LogP) is 3.71. The Kier molecular flexibility index (Phi) is 4.49. The van der Waals surface area contributed by atoms with Crippen molar-refractivity contribution in [1.82, 2.24) is 0 Å². The third-order valence-corrected chi connectivity index (χ3v) is 4.11. The van der Waals surface area contributed by atoms with Gasteiger partial charge in [-0.3, -0.25) is 9.59 Å². The minimum Gasteiger partial charge on any atom is -0.478 e. The van der Waals surface area contributed by atoms with Gasteiger partial charge in [-0.25, -0.2) is 0 Å². The highest BCUT2D eigenvalue weighted by Gasteiger charge is 2.29. The van der Waals surface area contributed by atoms with E-state index in [2.05, 4.69) is 31.4 Å². The van der Waals surface area contributed by atoms with Gasteiger partial charge in [0.2, 0.25) is 5.91 Å². The van der Waals surface area contributed by atoms with E-state index in [1.54, 1.807) is 12.1 Å². The molecule has 0 bridgehead atoms. The second-order valence-electron chi connectivity index (χ2n) is 7.17. The van der Waals surface area contributed by atoms with Crippen LogP contribution >= 0.6 is 0 Å². The van der Waals surface area contributed by atoms with Crippen molar-refractivity contribution in [2.75, 3.05) is 10.6 Å². The molecule has 0 aliphatic carbocycles. The number of nitrogens with one attached hydrogen (secondary N) is 2. The lowest BCUT2D eigenvalue weighted by Gasteiger charge is -2.25. The topological polar surface area (TPSA) is 67.4 Å². The van der Waals surface area contributed by atoms with Crippen molar-refractivity contribution in [3.05, 3.63) is 54.1 Å². The van der Waals surface area contributed by atoms with Gasteiger partial charge < -0.3 is 15.4 Å². The van der Waals surface area contributed by atoms with Crippen LogP contribution in [-0.4, -0.2) is 17.9 Å². The van der Waals surface area contributed by atoms with Crippen LogP contribution in [0.15, 0.2) is 48.5 Å². The Balaban J connectivity index is 1.62. The Labute approximate surface area is 147 Å². The Morgan fingerprint density at radius 3 is 2.48 bits per heavy atom. The summed E-state index contributed by atoms with van der Waals surface area (Å²) in [5, 5.41) is 5.57. The SMILES string of the molecule is CC(C)(C)c1ccc(NC(=O)C[C@@H]2Oc3ccccc3NC2=O)cc1. The van der Waals surface area contributed by atoms with Crippen LogP contribution in [0.1, 0.15) is 32.8 Å². The van der Waals surface area contributed by atoms with E-state index < -0.39 is 6.10 Å². The molecular weight excluding hydrogens is 316 g/mol. The molecule has 2 amide bonds. The van der Waals surface area contributed by atoms with Crippen molar-refractivity contribution in [1.29, 1.82) is 0 Å². The van der Waals surface area contributed by atoms with Gasteiger partial charge in [-0.2, -0.15) is 0 Å². The van der Waals surface area contributed by atoms with Gasteiger partial charge in [0.1, 0.15) is 5.75 Å². The van der Waals surface area contributed by atoms with Crippen molar-refractivity contribution >= 4 is 23.2 Å². The highest BCUT2D eigenvalue weighted by atomic mass is 16.5. The molecule has 0 spiro atoms. The van der Waals surface area contributed by atoms with Crippen molar-refractivity contribution in [3.63, 3.8) is 0 Å². The molecule has 2 aromatic carbocycles. The maximum atomic E-state index is 12.2. The van der Waals surface area contributed by atoms with E-state index in [9.17, 15) is 9.59 Å². The lowest BCUT2D eigenvalue weighted by atomic mass is 9.87. The Morgan fingerprint density at radius 1 is 1.12 bits per heavy atom. The Morgan fingerprint density at radius 2 is 1.80 bits per heavy atom. The molecule has 0 unspecified atom stereocenters. The molecule has 5 heteroatoms. The molecule has 1 aliphatic heterocycles. The second kappa shape index (κ2) is 6.59. The number of hydrogen-bond donors (Lipinski definition) is 2. The van der Waals surface area contributed by atoms with Crippen molar-refractivity contribution in [2.45, 2.75) is 38.7 Å². The summed E-state index contributed by atoms with van der Waals surface area (Å²) in [5.41, 5.74) is 2.58. The average molecular weight is 338 g/mol. The molecule has 0 radical (unpaired) electrons. The smallest absolute Gasteiger partial charge is 0.266 e. The average Bonchev–Trinajstić information content (AvgIpc) is 2.55. The normalized spacial score (nSPS) is 16.4. The summed E-state index contributed by atoms with van der Waals surface area (Å²) in [6.45, 7) is 6.41. The Hall–Kier alpha value is -2.82. The molecule has 2 N–H and O–H groups in total. The molecule has 130 valence electrons. The standard InChI is InChI=1S/C20H22N2O3/c1-20(2,3)13-8-10-14(11-9-13)21-18(23)12-17-19(24)22-15-6-4-5-7-16(15)25-17/h4-11,17H,12H2,1-3H3,(H,21,23)(H,22,24)/t17-/m0/s1. The molecule has 5 nitrogen and oxygen atoms in total. The van der Waals surface area contributed by atoms with Gasteiger partial charge in [0, 0.05) is 5.69 Å². The van der Waals surface area contributed by atoms with Crippen LogP contribution in [-0.2, 0) is 15.0 Å². The van der Waals surface area contributed by atoms with Crippen LogP contribution in [0.2, 0.25) is 0 Å². The van der Waals surface area contributed by atoms with Crippen LogP contribution in [0.5, 0.6) is 5.75 Å². The van der Waals surface area contributed by atoms with E-state index >= 15 is 0 Å². The van der Waals surface area contributed by atoms with E-state index in [-0.39, 0.29) is 23.7 Å². The number of benzene rings is 2. The lowest BCUT2D eigenvalue weighted by Crippen LogP contribution is -2.39. The van der Waals surface area contributed by atoms with E-state index in [0.29, 0.717) is 17.1 Å². The van der Waals surface area contributed by atoms with Gasteiger partial charge in [-0.15, -0.1) is 0 Å². The summed E-state index contributed by atoms with van der Waals surface area (Å²) in [6, 6.07) is 14.9. The highest BCUT2D eigenvalue weighted by molar-refractivity contribution is 6.01. The lowest BCUT2D eigenvalue weighted by molar-refractivity contribution is -0.128. The monoisotopic (exact) mass is 338 g/mol. The number of hydrogen-bond acceptors (Lipinski definition) is 3. The Bertz CT molecular complexity index is 791. The molecule has 0 aromatic heterocycles. The van der Waals surface area contributed by atoms with Crippen LogP contribution in [0.3, 0.4) is 0 Å². The minimum absolute atomic E-state index is 0.0405. The van der Waals surface area contributed by atoms with Crippen LogP contribution in [0, 0.1) is 0 Å². The van der Waals surface area contributed by atoms with Crippen molar-refractivity contribution in [3.8, 4) is 5.75 Å². The van der Waals surface area contributed by atoms with Gasteiger partial charge in [-0.1, -0.05) is 45.0 Å². The molecule has 1 heterocycles. The number of ether oxygens (including phenoxy) is 1. The van der Waals surface area contributed by atoms with Gasteiger partial charge in [-0.05, 0) is 35.2 Å². The number of anilines is 2. The molecule has 1 aliphatic rings. The summed E-state index contributed by atoms with van der Waals surface area (Å²) in [7, 11) is 0. The fraction of sp³-hybridized carbons (Fsp3) is 0.300. The maximum Gasteiger partial charge on any atom is 0.266 e. The van der Waals surface area contributed by atoms with E-state index in [4.69, 9.17) is 4.74 Å². The summed E-state index contributed by atoms with van der Waals surface area (Å²) >= 11 is 0. The quantitative estimate of drug-likeness (QED) is 0.896. The first kappa shape index (κ1) is 17.0. The fourth-order valence-electron chi connectivity index (χ4n) is 2.66. The molecule has 1 atom stereocenters. The number of amides is 2. The van der Waals surface area contributed by atoms with Gasteiger partial charge in [0.05, 0.1) is 12.1 Å². The first-order valence-electron chi connectivity index (χ1n) is 8.30. The zero-order valence-electron chi connectivity index (χ0n) is 14.6.